The molecule has 0 unspecified atom stereocenters. The molecule has 1 N–H and O–H groups in total. The summed E-state index contributed by atoms with van der Waals surface area (Å²) in [4.78, 5) is 21.9. The number of methoxy groups -OCH3 is 1. The fourth-order valence-corrected chi connectivity index (χ4v) is 1.02. The molecule has 0 saturated heterocycles. The molecule has 0 aliphatic rings. The number of ether oxygens (including phenoxy) is 2. The molecule has 0 fully saturated rings. The van der Waals surface area contributed by atoms with Gasteiger partial charge in [-0.1, -0.05) is 12.1 Å². The second-order valence-corrected chi connectivity index (χ2v) is 3.08. The molecule has 0 saturated carbocycles. The average Bonchev–Trinajstić information content (AvgIpc) is 2.36. The molecule has 5 heteroatoms. The minimum absolute atomic E-state index is 0.0729. The molecule has 0 heterocycles. The Bertz CT molecular complexity index is 419. The van der Waals surface area contributed by atoms with Crippen molar-refractivity contribution in [2.24, 2.45) is 0 Å². The van der Waals surface area contributed by atoms with Gasteiger partial charge in [0.2, 0.25) is 0 Å². The molecule has 90 valence electrons. The summed E-state index contributed by atoms with van der Waals surface area (Å²) in [5.41, 5.74) is 0.718. The van der Waals surface area contributed by atoms with Gasteiger partial charge in [0.1, 0.15) is 5.75 Å². The van der Waals surface area contributed by atoms with Crippen LogP contribution in [0.25, 0.3) is 0 Å². The van der Waals surface area contributed by atoms with E-state index in [0.29, 0.717) is 5.75 Å². The van der Waals surface area contributed by atoms with Crippen LogP contribution in [0.15, 0.2) is 36.4 Å². The lowest BCUT2D eigenvalue weighted by molar-refractivity contribution is -0.135. The van der Waals surface area contributed by atoms with Gasteiger partial charge < -0.3 is 14.6 Å². The van der Waals surface area contributed by atoms with E-state index in [1.54, 1.807) is 24.3 Å². The van der Waals surface area contributed by atoms with E-state index >= 15 is 0 Å². The number of aliphatic hydroxyl groups excluding tert-OH is 1. The van der Waals surface area contributed by atoms with Crippen molar-refractivity contribution in [1.82, 2.24) is 0 Å². The van der Waals surface area contributed by atoms with Gasteiger partial charge in [-0.3, -0.25) is 0 Å². The molecule has 1 rings (SSSR count). The van der Waals surface area contributed by atoms with Crippen LogP contribution in [0.1, 0.15) is 5.56 Å². The van der Waals surface area contributed by atoms with Crippen molar-refractivity contribution >= 4 is 11.9 Å². The van der Waals surface area contributed by atoms with Crippen LogP contribution >= 0.6 is 0 Å². The summed E-state index contributed by atoms with van der Waals surface area (Å²) in [6.45, 7) is -0.0729. The van der Waals surface area contributed by atoms with Crippen molar-refractivity contribution in [3.8, 4) is 5.75 Å². The highest BCUT2D eigenvalue weighted by Crippen LogP contribution is 2.12. The largest absolute Gasteiger partial charge is 0.466 e. The standard InChI is InChI=1S/C12H12O5/c1-16-11(14)6-7-12(15)17-10-4-2-9(8-13)3-5-10/h2-7,13H,8H2,1H3/b7-6+. The maximum atomic E-state index is 11.2. The fraction of sp³-hybridized carbons (Fsp3) is 0.167. The molecule has 0 atom stereocenters. The Hall–Kier alpha value is -2.14. The van der Waals surface area contributed by atoms with Gasteiger partial charge in [-0.2, -0.15) is 0 Å². The summed E-state index contributed by atoms with van der Waals surface area (Å²) in [6, 6.07) is 6.37. The van der Waals surface area contributed by atoms with Crippen LogP contribution in [0.3, 0.4) is 0 Å². The minimum Gasteiger partial charge on any atom is -0.466 e. The Morgan fingerprint density at radius 2 is 1.76 bits per heavy atom. The number of rotatable bonds is 4. The van der Waals surface area contributed by atoms with Crippen molar-refractivity contribution in [3.05, 3.63) is 42.0 Å². The quantitative estimate of drug-likeness (QED) is 0.476. The third-order valence-electron chi connectivity index (χ3n) is 1.88. The van der Waals surface area contributed by atoms with E-state index in [0.717, 1.165) is 17.7 Å². The first-order valence-electron chi connectivity index (χ1n) is 4.83. The second-order valence-electron chi connectivity index (χ2n) is 3.08. The average molecular weight is 236 g/mol. The first kappa shape index (κ1) is 12.9. The topological polar surface area (TPSA) is 72.8 Å². The van der Waals surface area contributed by atoms with E-state index in [9.17, 15) is 9.59 Å². The Morgan fingerprint density at radius 1 is 1.18 bits per heavy atom. The molecule has 1 aromatic rings. The lowest BCUT2D eigenvalue weighted by Crippen LogP contribution is -2.05. The van der Waals surface area contributed by atoms with Gasteiger partial charge in [0.15, 0.2) is 0 Å². The Morgan fingerprint density at radius 3 is 2.29 bits per heavy atom. The summed E-state index contributed by atoms with van der Waals surface area (Å²) in [6.07, 6.45) is 1.95. The molecule has 5 nitrogen and oxygen atoms in total. The van der Waals surface area contributed by atoms with Gasteiger partial charge in [0, 0.05) is 12.2 Å². The van der Waals surface area contributed by atoms with Crippen LogP contribution in [0, 0.1) is 0 Å². The molecule has 0 spiro atoms. The summed E-state index contributed by atoms with van der Waals surface area (Å²) in [5.74, 6) is -0.966. The van der Waals surface area contributed by atoms with Crippen LogP contribution < -0.4 is 4.74 Å². The number of carbonyl (C=O) groups is 2. The van der Waals surface area contributed by atoms with Crippen LogP contribution in [0.5, 0.6) is 5.75 Å². The fourth-order valence-electron chi connectivity index (χ4n) is 1.02. The Kier molecular flexibility index (Phi) is 4.90. The van der Waals surface area contributed by atoms with Crippen LogP contribution in [0.4, 0.5) is 0 Å². The van der Waals surface area contributed by atoms with Crippen molar-refractivity contribution in [3.63, 3.8) is 0 Å². The lowest BCUT2D eigenvalue weighted by atomic mass is 10.2. The number of hydrogen-bond donors (Lipinski definition) is 1. The predicted octanol–water partition coefficient (Wildman–Crippen LogP) is 0.813. The van der Waals surface area contributed by atoms with Gasteiger partial charge in [-0.05, 0) is 17.7 Å². The number of aliphatic hydroxyl groups is 1. The zero-order valence-corrected chi connectivity index (χ0v) is 9.25. The third-order valence-corrected chi connectivity index (χ3v) is 1.88. The zero-order chi connectivity index (χ0) is 12.7. The lowest BCUT2D eigenvalue weighted by Gasteiger charge is -2.01. The first-order valence-corrected chi connectivity index (χ1v) is 4.83. The minimum atomic E-state index is -0.674. The highest BCUT2D eigenvalue weighted by atomic mass is 16.5. The second kappa shape index (κ2) is 6.44. The molecular weight excluding hydrogens is 224 g/mol. The Balaban J connectivity index is 2.56. The van der Waals surface area contributed by atoms with Crippen molar-refractivity contribution in [1.29, 1.82) is 0 Å². The highest BCUT2D eigenvalue weighted by Gasteiger charge is 2.01. The van der Waals surface area contributed by atoms with E-state index in [1.165, 1.54) is 7.11 Å². The smallest absolute Gasteiger partial charge is 0.336 e. The monoisotopic (exact) mass is 236 g/mol. The predicted molar refractivity (Wildman–Crippen MR) is 59.2 cm³/mol. The van der Waals surface area contributed by atoms with Gasteiger partial charge in [-0.15, -0.1) is 0 Å². The zero-order valence-electron chi connectivity index (χ0n) is 9.25. The normalized spacial score (nSPS) is 10.2. The summed E-state index contributed by atoms with van der Waals surface area (Å²) >= 11 is 0. The van der Waals surface area contributed by atoms with Gasteiger partial charge in [0.05, 0.1) is 13.7 Å². The molecule has 0 aliphatic heterocycles. The maximum Gasteiger partial charge on any atom is 0.336 e. The maximum absolute atomic E-state index is 11.2. The first-order chi connectivity index (χ1) is 8.15. The van der Waals surface area contributed by atoms with Crippen molar-refractivity contribution in [2.45, 2.75) is 6.61 Å². The summed E-state index contributed by atoms with van der Waals surface area (Å²) < 4.78 is 9.21. The highest BCUT2D eigenvalue weighted by molar-refractivity contribution is 5.92. The summed E-state index contributed by atoms with van der Waals surface area (Å²) in [7, 11) is 1.21. The Labute approximate surface area is 98.3 Å². The molecule has 0 amide bonds. The molecule has 1 aromatic carbocycles. The van der Waals surface area contributed by atoms with E-state index in [2.05, 4.69) is 4.74 Å². The van der Waals surface area contributed by atoms with E-state index in [1.807, 2.05) is 0 Å². The van der Waals surface area contributed by atoms with Gasteiger partial charge in [-0.25, -0.2) is 9.59 Å². The molecule has 0 aromatic heterocycles. The van der Waals surface area contributed by atoms with Gasteiger partial charge in [0.25, 0.3) is 0 Å². The number of hydrogen-bond acceptors (Lipinski definition) is 5. The molecule has 0 bridgehead atoms. The third kappa shape index (κ3) is 4.48. The van der Waals surface area contributed by atoms with Crippen LogP contribution in [0.2, 0.25) is 0 Å². The molecular formula is C12H12O5. The van der Waals surface area contributed by atoms with Crippen molar-refractivity contribution in [2.75, 3.05) is 7.11 Å². The van der Waals surface area contributed by atoms with Gasteiger partial charge >= 0.3 is 11.9 Å². The summed E-state index contributed by atoms with van der Waals surface area (Å²) in [5, 5.41) is 8.81. The van der Waals surface area contributed by atoms with Crippen LogP contribution in [-0.4, -0.2) is 24.2 Å². The number of benzene rings is 1. The van der Waals surface area contributed by atoms with E-state index < -0.39 is 11.9 Å². The molecule has 0 radical (unpaired) electrons. The molecule has 17 heavy (non-hydrogen) atoms. The van der Waals surface area contributed by atoms with E-state index in [4.69, 9.17) is 9.84 Å². The van der Waals surface area contributed by atoms with Crippen molar-refractivity contribution < 1.29 is 24.2 Å². The number of carbonyl (C=O) groups excluding carboxylic acids is 2. The SMILES string of the molecule is COC(=O)/C=C/C(=O)Oc1ccc(CO)cc1. The van der Waals surface area contributed by atoms with E-state index in [-0.39, 0.29) is 6.61 Å². The number of esters is 2. The molecule has 0 aliphatic carbocycles. The van der Waals surface area contributed by atoms with Crippen LogP contribution in [-0.2, 0) is 20.9 Å².